The molecule has 12 aromatic rings. The molecule has 0 saturated carbocycles. The second-order valence-corrected chi connectivity index (χ2v) is 17.9. The van der Waals surface area contributed by atoms with Gasteiger partial charge < -0.3 is 18.4 Å². The maximum absolute atomic E-state index is 7.07. The molecule has 0 unspecified atom stereocenters. The Balaban J connectivity index is 0.000000371. The summed E-state index contributed by atoms with van der Waals surface area (Å²) in [6.45, 7) is 11.3. The van der Waals surface area contributed by atoms with Gasteiger partial charge in [0.2, 0.25) is 0 Å². The third kappa shape index (κ3) is 8.41. The van der Waals surface area contributed by atoms with Crippen molar-refractivity contribution in [3.05, 3.63) is 223 Å². The maximum Gasteiger partial charge on any atom is 0.126 e. The van der Waals surface area contributed by atoms with Crippen LogP contribution in [-0.4, -0.2) is 14.5 Å². The summed E-state index contributed by atoms with van der Waals surface area (Å²) in [5, 5.41) is 3.05. The van der Waals surface area contributed by atoms with Crippen LogP contribution in [0.3, 0.4) is 0 Å². The van der Waals surface area contributed by atoms with Gasteiger partial charge in [0.25, 0.3) is 0 Å². The van der Waals surface area contributed by atoms with Crippen LogP contribution >= 0.6 is 0 Å². The van der Waals surface area contributed by atoms with Crippen LogP contribution in [0.4, 0.5) is 0 Å². The zero-order chi connectivity index (χ0) is 46.3. The molecule has 1 radical (unpaired) electrons. The summed E-state index contributed by atoms with van der Waals surface area (Å²) in [6, 6.07) is 71.8. The number of aromatic nitrogens is 3. The Bertz CT molecular complexity index is 3660. The van der Waals surface area contributed by atoms with E-state index in [1.54, 1.807) is 6.20 Å². The Labute approximate surface area is 416 Å². The number of para-hydroxylation sites is 2. The van der Waals surface area contributed by atoms with Crippen molar-refractivity contribution >= 4 is 43.9 Å². The van der Waals surface area contributed by atoms with Crippen molar-refractivity contribution in [2.24, 2.45) is 0 Å². The van der Waals surface area contributed by atoms with Crippen LogP contribution < -0.4 is 0 Å². The van der Waals surface area contributed by atoms with E-state index >= 15 is 0 Å². The van der Waals surface area contributed by atoms with Crippen LogP contribution in [0, 0.1) is 19.1 Å². The molecule has 69 heavy (non-hydrogen) atoms. The number of nitrogens with zero attached hydrogens (tertiary/aromatic N) is 3. The molecule has 0 amide bonds. The van der Waals surface area contributed by atoms with Gasteiger partial charge in [0.05, 0.1) is 28.0 Å². The van der Waals surface area contributed by atoms with Crippen molar-refractivity contribution in [1.82, 2.24) is 14.5 Å². The van der Waals surface area contributed by atoms with E-state index in [9.17, 15) is 0 Å². The molecule has 8 aromatic carbocycles. The Morgan fingerprint density at radius 2 is 1.19 bits per heavy atom. The largest absolute Gasteiger partial charge is 0.500 e. The minimum Gasteiger partial charge on any atom is -0.500 e. The molecule has 4 aromatic heterocycles. The summed E-state index contributed by atoms with van der Waals surface area (Å²) in [5.41, 5.74) is 17.4. The van der Waals surface area contributed by atoms with E-state index in [4.69, 9.17) is 13.8 Å². The van der Waals surface area contributed by atoms with Crippen LogP contribution in [0.5, 0.6) is 0 Å². The van der Waals surface area contributed by atoms with Gasteiger partial charge in [0.1, 0.15) is 11.3 Å². The Kier molecular flexibility index (Phi) is 12.5. The van der Waals surface area contributed by atoms with Gasteiger partial charge in [-0.25, -0.2) is 0 Å². The Morgan fingerprint density at radius 1 is 0.565 bits per heavy atom. The number of imidazole rings is 1. The van der Waals surface area contributed by atoms with Gasteiger partial charge >= 0.3 is 0 Å². The quantitative estimate of drug-likeness (QED) is 0.142. The average Bonchev–Trinajstić information content (AvgIpc) is 4.07. The summed E-state index contributed by atoms with van der Waals surface area (Å²) < 4.78 is 16.3. The number of furan rings is 2. The minimum atomic E-state index is 0. The standard InChI is InChI=1S/C52H41N2O2.C11H8N.Ir/c1-31(2)40-27-38(35-19-11-7-12-20-35)28-41(32(3)4)49(40)54-44-24-16-15-23-43(44)53-52(54)42-30-46-47(33(5)50(56-46)36-21-13-8-14-22-36)48-39-26-25-37(29-45(39)55-51(42)48)34-17-9-6-10-18-34;1-2-6-10(7-3-1)11-8-4-5-9-12-11;/h6-29,31-32H,1-5H3;1-6,8-9H;/q2*-1;. The van der Waals surface area contributed by atoms with Crippen molar-refractivity contribution < 1.29 is 28.9 Å². The predicted octanol–water partition coefficient (Wildman–Crippen LogP) is 17.2. The number of hydrogen-bond donors (Lipinski definition) is 0. The van der Waals surface area contributed by atoms with Crippen molar-refractivity contribution in [3.8, 4) is 61.9 Å². The van der Waals surface area contributed by atoms with Crippen molar-refractivity contribution in [1.29, 1.82) is 0 Å². The molecule has 0 aliphatic carbocycles. The minimum absolute atomic E-state index is 0. The van der Waals surface area contributed by atoms with Crippen LogP contribution in [0.15, 0.2) is 203 Å². The molecule has 0 aliphatic rings. The summed E-state index contributed by atoms with van der Waals surface area (Å²) in [4.78, 5) is 9.67. The molecule has 4 heterocycles. The second-order valence-electron chi connectivity index (χ2n) is 17.9. The van der Waals surface area contributed by atoms with E-state index in [-0.39, 0.29) is 31.9 Å². The topological polar surface area (TPSA) is 57.0 Å². The van der Waals surface area contributed by atoms with Crippen molar-refractivity contribution in [2.45, 2.75) is 46.5 Å². The molecule has 0 N–H and O–H groups in total. The molecule has 12 rings (SSSR count). The first-order valence-corrected chi connectivity index (χ1v) is 23.4. The van der Waals surface area contributed by atoms with Crippen molar-refractivity contribution in [3.63, 3.8) is 0 Å². The van der Waals surface area contributed by atoms with Crippen LogP contribution in [0.25, 0.3) is 106 Å². The number of rotatable bonds is 8. The fraction of sp³-hybridized carbons (Fsp3) is 0.111. The average molecular weight is 1070 g/mol. The summed E-state index contributed by atoms with van der Waals surface area (Å²) in [6.07, 6.45) is 1.79. The van der Waals surface area contributed by atoms with E-state index in [0.29, 0.717) is 5.58 Å². The summed E-state index contributed by atoms with van der Waals surface area (Å²) in [5.74, 6) is 2.07. The number of hydrogen-bond acceptors (Lipinski definition) is 4. The van der Waals surface area contributed by atoms with Gasteiger partial charge in [-0.3, -0.25) is 4.98 Å². The molecule has 0 bridgehead atoms. The Morgan fingerprint density at radius 3 is 1.83 bits per heavy atom. The molecule has 0 saturated heterocycles. The van der Waals surface area contributed by atoms with Gasteiger partial charge in [-0.1, -0.05) is 167 Å². The SMILES string of the molecule is Cc1c(-c2ccccc2)oc2[c-]c(-c3nc4ccccc4n3-c3c(C(C)C)cc(-c4ccccc4)cc3C(C)C)c3oc4cc(-c5ccccc5)ccc4c3c12.[Ir].[c-]1ccccc1-c1ccccn1. The van der Waals surface area contributed by atoms with Crippen LogP contribution in [0.2, 0.25) is 0 Å². The molecule has 6 heteroatoms. The van der Waals surface area contributed by atoms with E-state index < -0.39 is 0 Å². The van der Waals surface area contributed by atoms with Gasteiger partial charge in [-0.2, -0.15) is 0 Å². The first-order chi connectivity index (χ1) is 33.3. The van der Waals surface area contributed by atoms with E-state index in [2.05, 4.69) is 190 Å². The Hall–Kier alpha value is -7.63. The number of pyridine rings is 1. The zero-order valence-corrected chi connectivity index (χ0v) is 41.5. The monoisotopic (exact) mass is 1070 g/mol. The first kappa shape index (κ1) is 45.2. The van der Waals surface area contributed by atoms with Crippen molar-refractivity contribution in [2.75, 3.05) is 0 Å². The summed E-state index contributed by atoms with van der Waals surface area (Å²) in [7, 11) is 0. The van der Waals surface area contributed by atoms with Gasteiger partial charge in [0, 0.05) is 42.9 Å². The normalized spacial score (nSPS) is 11.4. The fourth-order valence-corrected chi connectivity index (χ4v) is 9.54. The molecular weight excluding hydrogens is 1020 g/mol. The van der Waals surface area contributed by atoms with Crippen LogP contribution in [-0.2, 0) is 20.1 Å². The van der Waals surface area contributed by atoms with E-state index in [0.717, 1.165) is 94.7 Å². The molecule has 0 spiro atoms. The molecule has 0 fully saturated rings. The fourth-order valence-electron chi connectivity index (χ4n) is 9.54. The van der Waals surface area contributed by atoms with E-state index in [1.165, 1.54) is 22.3 Å². The zero-order valence-electron chi connectivity index (χ0n) is 39.1. The van der Waals surface area contributed by atoms with E-state index in [1.807, 2.05) is 54.6 Å². The molecule has 0 atom stereocenters. The maximum atomic E-state index is 7.07. The summed E-state index contributed by atoms with van der Waals surface area (Å²) >= 11 is 0. The molecular formula is C63H49IrN3O2-2. The van der Waals surface area contributed by atoms with Gasteiger partial charge in [-0.05, 0) is 111 Å². The second kappa shape index (κ2) is 19.2. The third-order valence-corrected chi connectivity index (χ3v) is 12.9. The first-order valence-electron chi connectivity index (χ1n) is 23.4. The van der Waals surface area contributed by atoms with Crippen LogP contribution in [0.1, 0.15) is 56.2 Å². The number of fused-ring (bicyclic) bond motifs is 6. The van der Waals surface area contributed by atoms with Gasteiger partial charge in [-0.15, -0.1) is 35.9 Å². The smallest absolute Gasteiger partial charge is 0.126 e. The third-order valence-electron chi connectivity index (χ3n) is 12.9. The number of benzene rings is 8. The van der Waals surface area contributed by atoms with Gasteiger partial charge in [0.15, 0.2) is 0 Å². The number of aryl methyl sites for hydroxylation is 1. The predicted molar refractivity (Wildman–Crippen MR) is 280 cm³/mol. The molecule has 339 valence electrons. The molecule has 0 aliphatic heterocycles. The molecule has 5 nitrogen and oxygen atoms in total.